The molecule has 1 amide bonds. The Kier molecular flexibility index (Phi) is 5.30. The van der Waals surface area contributed by atoms with E-state index in [1.54, 1.807) is 12.1 Å². The molecule has 0 spiro atoms. The Hall–Kier alpha value is -1.40. The summed E-state index contributed by atoms with van der Waals surface area (Å²) in [5.74, 6) is -0.0588. The van der Waals surface area contributed by atoms with E-state index in [1.165, 1.54) is 19.1 Å². The lowest BCUT2D eigenvalue weighted by atomic mass is 9.95. The average Bonchev–Trinajstić information content (AvgIpc) is 2.35. The van der Waals surface area contributed by atoms with E-state index in [1.807, 2.05) is 13.8 Å². The third kappa shape index (κ3) is 4.94. The minimum Gasteiger partial charge on any atom is -0.351 e. The van der Waals surface area contributed by atoms with Gasteiger partial charge < -0.3 is 5.32 Å². The lowest BCUT2D eigenvalue weighted by molar-refractivity contribution is -0.120. The minimum atomic E-state index is -3.63. The molecule has 0 unspecified atom stereocenters. The molecule has 0 radical (unpaired) electrons. The SMILES string of the molecule is COS(=O)(=O)c1ccc(CCC(C)(C)NC(C)=O)cc1. The third-order valence-electron chi connectivity index (χ3n) is 2.98. The number of hydrogen-bond acceptors (Lipinski definition) is 4. The van der Waals surface area contributed by atoms with Gasteiger partial charge in [0.15, 0.2) is 0 Å². The Morgan fingerprint density at radius 1 is 1.25 bits per heavy atom. The first-order valence-electron chi connectivity index (χ1n) is 6.34. The Morgan fingerprint density at radius 3 is 2.25 bits per heavy atom. The molecule has 0 bridgehead atoms. The molecule has 20 heavy (non-hydrogen) atoms. The van der Waals surface area contributed by atoms with Crippen LogP contribution in [0.25, 0.3) is 0 Å². The maximum absolute atomic E-state index is 11.5. The number of aryl methyl sites for hydroxylation is 1. The van der Waals surface area contributed by atoms with E-state index in [0.717, 1.165) is 25.5 Å². The summed E-state index contributed by atoms with van der Waals surface area (Å²) < 4.78 is 27.4. The first-order valence-corrected chi connectivity index (χ1v) is 7.75. The fourth-order valence-corrected chi connectivity index (χ4v) is 2.58. The lowest BCUT2D eigenvalue weighted by Gasteiger charge is -2.25. The van der Waals surface area contributed by atoms with Crippen molar-refractivity contribution in [2.24, 2.45) is 0 Å². The van der Waals surface area contributed by atoms with Gasteiger partial charge in [-0.15, -0.1) is 0 Å². The molecule has 0 aliphatic heterocycles. The van der Waals surface area contributed by atoms with Gasteiger partial charge in [0.05, 0.1) is 12.0 Å². The molecule has 0 heterocycles. The highest BCUT2D eigenvalue weighted by molar-refractivity contribution is 7.86. The van der Waals surface area contributed by atoms with Gasteiger partial charge in [0.1, 0.15) is 0 Å². The zero-order valence-electron chi connectivity index (χ0n) is 12.3. The molecule has 1 aromatic rings. The Bertz CT molecular complexity index is 561. The summed E-state index contributed by atoms with van der Waals surface area (Å²) in [7, 11) is -2.49. The number of carbonyl (C=O) groups excluding carboxylic acids is 1. The van der Waals surface area contributed by atoms with Crippen molar-refractivity contribution in [3.8, 4) is 0 Å². The molecule has 1 N–H and O–H groups in total. The number of rotatable bonds is 6. The summed E-state index contributed by atoms with van der Waals surface area (Å²) >= 11 is 0. The molecular formula is C14H21NO4S. The van der Waals surface area contributed by atoms with Crippen molar-refractivity contribution in [3.05, 3.63) is 29.8 Å². The van der Waals surface area contributed by atoms with Crippen LogP contribution in [0, 0.1) is 0 Å². The largest absolute Gasteiger partial charge is 0.351 e. The van der Waals surface area contributed by atoms with Crippen LogP contribution in [0.1, 0.15) is 32.8 Å². The van der Waals surface area contributed by atoms with Crippen LogP contribution < -0.4 is 5.32 Å². The van der Waals surface area contributed by atoms with Crippen LogP contribution in [-0.2, 0) is 25.5 Å². The quantitative estimate of drug-likeness (QED) is 0.814. The predicted octanol–water partition coefficient (Wildman–Crippen LogP) is 1.87. The fraction of sp³-hybridized carbons (Fsp3) is 0.500. The molecule has 112 valence electrons. The van der Waals surface area contributed by atoms with E-state index in [2.05, 4.69) is 9.50 Å². The Morgan fingerprint density at radius 2 is 1.80 bits per heavy atom. The van der Waals surface area contributed by atoms with E-state index in [4.69, 9.17) is 0 Å². The number of nitrogens with one attached hydrogen (secondary N) is 1. The molecule has 1 aromatic carbocycles. The maximum Gasteiger partial charge on any atom is 0.296 e. The van der Waals surface area contributed by atoms with Crippen LogP contribution in [0.2, 0.25) is 0 Å². The summed E-state index contributed by atoms with van der Waals surface area (Å²) in [6.07, 6.45) is 1.52. The summed E-state index contributed by atoms with van der Waals surface area (Å²) in [6.45, 7) is 5.41. The van der Waals surface area contributed by atoms with Gasteiger partial charge >= 0.3 is 0 Å². The summed E-state index contributed by atoms with van der Waals surface area (Å²) in [4.78, 5) is 11.2. The van der Waals surface area contributed by atoms with Crippen molar-refractivity contribution in [1.82, 2.24) is 5.32 Å². The highest BCUT2D eigenvalue weighted by Gasteiger charge is 2.18. The number of hydrogen-bond donors (Lipinski definition) is 1. The van der Waals surface area contributed by atoms with Gasteiger partial charge in [-0.1, -0.05) is 12.1 Å². The highest BCUT2D eigenvalue weighted by atomic mass is 32.2. The first kappa shape index (κ1) is 16.7. The van der Waals surface area contributed by atoms with Gasteiger partial charge in [-0.2, -0.15) is 8.42 Å². The van der Waals surface area contributed by atoms with E-state index in [0.29, 0.717) is 0 Å². The van der Waals surface area contributed by atoms with Crippen LogP contribution in [0.5, 0.6) is 0 Å². The molecule has 0 saturated heterocycles. The van der Waals surface area contributed by atoms with Gasteiger partial charge in [-0.05, 0) is 44.4 Å². The topological polar surface area (TPSA) is 72.5 Å². The van der Waals surface area contributed by atoms with Crippen molar-refractivity contribution in [1.29, 1.82) is 0 Å². The highest BCUT2D eigenvalue weighted by Crippen LogP contribution is 2.17. The van der Waals surface area contributed by atoms with Gasteiger partial charge in [-0.3, -0.25) is 8.98 Å². The molecule has 0 aliphatic rings. The standard InChI is InChI=1S/C14H21NO4S/c1-11(16)15-14(2,3)10-9-12-5-7-13(8-6-12)20(17,18)19-4/h5-8H,9-10H2,1-4H3,(H,15,16). The van der Waals surface area contributed by atoms with Gasteiger partial charge in [0.2, 0.25) is 5.91 Å². The minimum absolute atomic E-state index is 0.0588. The lowest BCUT2D eigenvalue weighted by Crippen LogP contribution is -2.42. The van der Waals surface area contributed by atoms with E-state index >= 15 is 0 Å². The molecule has 0 aromatic heterocycles. The number of carbonyl (C=O) groups is 1. The van der Waals surface area contributed by atoms with Crippen molar-refractivity contribution >= 4 is 16.0 Å². The van der Waals surface area contributed by atoms with Crippen molar-refractivity contribution in [2.45, 2.75) is 44.0 Å². The van der Waals surface area contributed by atoms with Crippen molar-refractivity contribution < 1.29 is 17.4 Å². The van der Waals surface area contributed by atoms with Crippen LogP contribution in [0.4, 0.5) is 0 Å². The average molecular weight is 299 g/mol. The zero-order valence-corrected chi connectivity index (χ0v) is 13.1. The molecular weight excluding hydrogens is 278 g/mol. The van der Waals surface area contributed by atoms with Crippen LogP contribution >= 0.6 is 0 Å². The molecule has 6 heteroatoms. The zero-order chi connectivity index (χ0) is 15.4. The smallest absolute Gasteiger partial charge is 0.296 e. The summed E-state index contributed by atoms with van der Waals surface area (Å²) in [5, 5.41) is 2.88. The molecule has 0 fully saturated rings. The number of benzene rings is 1. The van der Waals surface area contributed by atoms with Crippen molar-refractivity contribution in [2.75, 3.05) is 7.11 Å². The second-order valence-electron chi connectivity index (χ2n) is 5.33. The van der Waals surface area contributed by atoms with Crippen LogP contribution in [0.3, 0.4) is 0 Å². The summed E-state index contributed by atoms with van der Waals surface area (Å²) in [6, 6.07) is 6.57. The van der Waals surface area contributed by atoms with E-state index in [-0.39, 0.29) is 16.3 Å². The van der Waals surface area contributed by atoms with Gasteiger partial charge in [0.25, 0.3) is 10.1 Å². The normalized spacial score (nSPS) is 12.2. The molecule has 0 saturated carbocycles. The molecule has 0 aliphatic carbocycles. The Balaban J connectivity index is 2.70. The monoisotopic (exact) mass is 299 g/mol. The third-order valence-corrected chi connectivity index (χ3v) is 4.27. The van der Waals surface area contributed by atoms with E-state index in [9.17, 15) is 13.2 Å². The predicted molar refractivity (Wildman–Crippen MR) is 76.9 cm³/mol. The summed E-state index contributed by atoms with van der Waals surface area (Å²) in [5.41, 5.74) is 0.724. The Labute approximate surface area is 120 Å². The molecule has 0 atom stereocenters. The second-order valence-corrected chi connectivity index (χ2v) is 7.04. The fourth-order valence-electron chi connectivity index (χ4n) is 1.91. The van der Waals surface area contributed by atoms with E-state index < -0.39 is 10.1 Å². The van der Waals surface area contributed by atoms with Gasteiger partial charge in [-0.25, -0.2) is 0 Å². The van der Waals surface area contributed by atoms with Gasteiger partial charge in [0, 0.05) is 12.5 Å². The van der Waals surface area contributed by atoms with Crippen LogP contribution in [0.15, 0.2) is 29.2 Å². The first-order chi connectivity index (χ1) is 9.16. The number of amides is 1. The molecule has 5 nitrogen and oxygen atoms in total. The van der Waals surface area contributed by atoms with Crippen LogP contribution in [-0.4, -0.2) is 27.0 Å². The molecule has 1 rings (SSSR count). The van der Waals surface area contributed by atoms with Crippen molar-refractivity contribution in [3.63, 3.8) is 0 Å². The second kappa shape index (κ2) is 6.37. The maximum atomic E-state index is 11.5.